The van der Waals surface area contributed by atoms with Crippen LogP contribution >= 0.6 is 11.5 Å². The lowest BCUT2D eigenvalue weighted by Gasteiger charge is -2.13. The standard InChI is InChI=1S/C9H16N4OS/c1-5(2)7(10)4-8(14)12-9-11-6(3)13-15-9/h5,7H,4,10H2,1-3H3,(H,11,12,13,14). The van der Waals surface area contributed by atoms with E-state index < -0.39 is 0 Å². The van der Waals surface area contributed by atoms with Gasteiger partial charge in [0.2, 0.25) is 11.0 Å². The van der Waals surface area contributed by atoms with Crippen molar-refractivity contribution in [3.63, 3.8) is 0 Å². The van der Waals surface area contributed by atoms with E-state index in [1.807, 2.05) is 13.8 Å². The van der Waals surface area contributed by atoms with E-state index in [0.29, 0.717) is 23.3 Å². The number of aromatic nitrogens is 2. The topological polar surface area (TPSA) is 80.9 Å². The van der Waals surface area contributed by atoms with Gasteiger partial charge in [0.05, 0.1) is 0 Å². The van der Waals surface area contributed by atoms with Crippen LogP contribution < -0.4 is 11.1 Å². The Morgan fingerprint density at radius 2 is 2.27 bits per heavy atom. The van der Waals surface area contributed by atoms with Crippen molar-refractivity contribution in [1.29, 1.82) is 0 Å². The summed E-state index contributed by atoms with van der Waals surface area (Å²) in [4.78, 5) is 15.5. The number of rotatable bonds is 4. The molecule has 6 heteroatoms. The molecule has 1 rings (SSSR count). The van der Waals surface area contributed by atoms with E-state index in [4.69, 9.17) is 5.73 Å². The Balaban J connectivity index is 2.43. The van der Waals surface area contributed by atoms with Gasteiger partial charge in [0.15, 0.2) is 0 Å². The molecule has 3 N–H and O–H groups in total. The molecule has 15 heavy (non-hydrogen) atoms. The normalized spacial score (nSPS) is 12.9. The SMILES string of the molecule is Cc1nsc(NC(=O)CC(N)C(C)C)n1. The number of amides is 1. The van der Waals surface area contributed by atoms with Gasteiger partial charge in [-0.1, -0.05) is 13.8 Å². The Morgan fingerprint density at radius 3 is 2.73 bits per heavy atom. The molecule has 0 aliphatic rings. The van der Waals surface area contributed by atoms with Crippen molar-refractivity contribution in [3.8, 4) is 0 Å². The summed E-state index contributed by atoms with van der Waals surface area (Å²) in [6.07, 6.45) is 0.316. The van der Waals surface area contributed by atoms with Gasteiger partial charge in [-0.25, -0.2) is 4.98 Å². The second-order valence-electron chi connectivity index (χ2n) is 3.81. The van der Waals surface area contributed by atoms with Crippen LogP contribution in [0.2, 0.25) is 0 Å². The second-order valence-corrected chi connectivity index (χ2v) is 4.56. The molecule has 0 fully saturated rings. The van der Waals surface area contributed by atoms with E-state index in [0.717, 1.165) is 0 Å². The number of anilines is 1. The van der Waals surface area contributed by atoms with Crippen molar-refractivity contribution in [2.75, 3.05) is 5.32 Å². The zero-order chi connectivity index (χ0) is 11.4. The molecule has 0 aromatic carbocycles. The molecule has 1 unspecified atom stereocenters. The van der Waals surface area contributed by atoms with Gasteiger partial charge in [-0.05, 0) is 12.8 Å². The highest BCUT2D eigenvalue weighted by Crippen LogP contribution is 2.11. The largest absolute Gasteiger partial charge is 0.327 e. The molecule has 1 aromatic heterocycles. The number of nitrogens with zero attached hydrogens (tertiary/aromatic N) is 2. The van der Waals surface area contributed by atoms with Crippen LogP contribution in [0.1, 0.15) is 26.1 Å². The summed E-state index contributed by atoms with van der Waals surface area (Å²) in [5, 5.41) is 3.21. The Hall–Kier alpha value is -1.01. The lowest BCUT2D eigenvalue weighted by atomic mass is 10.0. The Bertz CT molecular complexity index is 337. The highest BCUT2D eigenvalue weighted by molar-refractivity contribution is 7.09. The van der Waals surface area contributed by atoms with Gasteiger partial charge < -0.3 is 11.1 Å². The fourth-order valence-corrected chi connectivity index (χ4v) is 1.56. The number of carbonyl (C=O) groups is 1. The van der Waals surface area contributed by atoms with E-state index in [1.165, 1.54) is 11.5 Å². The number of aryl methyl sites for hydroxylation is 1. The van der Waals surface area contributed by atoms with Gasteiger partial charge >= 0.3 is 0 Å². The van der Waals surface area contributed by atoms with Crippen molar-refractivity contribution in [1.82, 2.24) is 9.36 Å². The Morgan fingerprint density at radius 1 is 1.60 bits per heavy atom. The summed E-state index contributed by atoms with van der Waals surface area (Å²) < 4.78 is 3.97. The van der Waals surface area contributed by atoms with Crippen LogP contribution in [-0.4, -0.2) is 21.3 Å². The molecule has 0 aliphatic heterocycles. The fourth-order valence-electron chi connectivity index (χ4n) is 0.968. The Labute approximate surface area is 93.3 Å². The maximum atomic E-state index is 11.5. The lowest BCUT2D eigenvalue weighted by Crippen LogP contribution is -2.31. The molecule has 0 bridgehead atoms. The highest BCUT2D eigenvalue weighted by atomic mass is 32.1. The first-order valence-corrected chi connectivity index (χ1v) is 5.62. The quantitative estimate of drug-likeness (QED) is 0.810. The third-order valence-electron chi connectivity index (χ3n) is 2.05. The van der Waals surface area contributed by atoms with E-state index in [-0.39, 0.29) is 11.9 Å². The first-order chi connectivity index (χ1) is 6.99. The van der Waals surface area contributed by atoms with Crippen molar-refractivity contribution >= 4 is 22.6 Å². The van der Waals surface area contributed by atoms with Crippen LogP contribution in [-0.2, 0) is 4.79 Å². The van der Waals surface area contributed by atoms with Crippen LogP contribution in [0.15, 0.2) is 0 Å². The highest BCUT2D eigenvalue weighted by Gasteiger charge is 2.14. The summed E-state index contributed by atoms with van der Waals surface area (Å²) in [5.74, 6) is 0.864. The van der Waals surface area contributed by atoms with E-state index >= 15 is 0 Å². The molecule has 0 radical (unpaired) electrons. The average Bonchev–Trinajstić information content (AvgIpc) is 2.50. The monoisotopic (exact) mass is 228 g/mol. The molecule has 0 aliphatic carbocycles. The molecule has 0 spiro atoms. The zero-order valence-electron chi connectivity index (χ0n) is 9.15. The minimum absolute atomic E-state index is 0.104. The summed E-state index contributed by atoms with van der Waals surface area (Å²) in [6, 6.07) is -0.112. The maximum absolute atomic E-state index is 11.5. The zero-order valence-corrected chi connectivity index (χ0v) is 9.97. The molecule has 0 saturated heterocycles. The first kappa shape index (κ1) is 12.1. The van der Waals surface area contributed by atoms with Gasteiger partial charge in [-0.3, -0.25) is 4.79 Å². The smallest absolute Gasteiger partial charge is 0.227 e. The van der Waals surface area contributed by atoms with Gasteiger partial charge in [0.25, 0.3) is 0 Å². The minimum Gasteiger partial charge on any atom is -0.327 e. The van der Waals surface area contributed by atoms with Gasteiger partial charge in [-0.15, -0.1) is 0 Å². The predicted octanol–water partition coefficient (Wildman–Crippen LogP) is 1.16. The molecular weight excluding hydrogens is 212 g/mol. The number of hydrogen-bond donors (Lipinski definition) is 2. The number of hydrogen-bond acceptors (Lipinski definition) is 5. The van der Waals surface area contributed by atoms with Gasteiger partial charge in [0.1, 0.15) is 5.82 Å². The second kappa shape index (κ2) is 5.18. The van der Waals surface area contributed by atoms with Crippen LogP contribution in [0.5, 0.6) is 0 Å². The molecule has 1 heterocycles. The van der Waals surface area contributed by atoms with Gasteiger partial charge in [-0.2, -0.15) is 4.37 Å². The molecule has 1 amide bonds. The molecule has 1 aromatic rings. The number of nitrogens with two attached hydrogens (primary N) is 1. The van der Waals surface area contributed by atoms with Crippen LogP contribution in [0.3, 0.4) is 0 Å². The number of carbonyl (C=O) groups excluding carboxylic acids is 1. The van der Waals surface area contributed by atoms with Crippen LogP contribution in [0, 0.1) is 12.8 Å². The predicted molar refractivity (Wildman–Crippen MR) is 60.7 cm³/mol. The molecular formula is C9H16N4OS. The molecule has 84 valence electrons. The molecule has 5 nitrogen and oxygen atoms in total. The van der Waals surface area contributed by atoms with Crippen LogP contribution in [0.4, 0.5) is 5.13 Å². The maximum Gasteiger partial charge on any atom is 0.227 e. The van der Waals surface area contributed by atoms with E-state index in [2.05, 4.69) is 14.7 Å². The lowest BCUT2D eigenvalue weighted by molar-refractivity contribution is -0.116. The summed E-state index contributed by atoms with van der Waals surface area (Å²) in [7, 11) is 0. The summed E-state index contributed by atoms with van der Waals surface area (Å²) >= 11 is 1.18. The van der Waals surface area contributed by atoms with E-state index in [9.17, 15) is 4.79 Å². The molecule has 1 atom stereocenters. The Kier molecular flexibility index (Phi) is 4.16. The van der Waals surface area contributed by atoms with Crippen molar-refractivity contribution in [2.24, 2.45) is 11.7 Å². The van der Waals surface area contributed by atoms with Crippen molar-refractivity contribution < 1.29 is 4.79 Å². The van der Waals surface area contributed by atoms with E-state index in [1.54, 1.807) is 6.92 Å². The fraction of sp³-hybridized carbons (Fsp3) is 0.667. The summed E-state index contributed by atoms with van der Waals surface area (Å²) in [6.45, 7) is 5.77. The van der Waals surface area contributed by atoms with Crippen molar-refractivity contribution in [3.05, 3.63) is 5.82 Å². The molecule has 0 saturated carbocycles. The summed E-state index contributed by atoms with van der Waals surface area (Å²) in [5.41, 5.74) is 5.78. The van der Waals surface area contributed by atoms with Crippen LogP contribution in [0.25, 0.3) is 0 Å². The van der Waals surface area contributed by atoms with Gasteiger partial charge in [0, 0.05) is 24.0 Å². The van der Waals surface area contributed by atoms with Crippen molar-refractivity contribution in [2.45, 2.75) is 33.2 Å². The average molecular weight is 228 g/mol. The number of nitrogens with one attached hydrogen (secondary N) is 1. The third-order valence-corrected chi connectivity index (χ3v) is 2.77. The first-order valence-electron chi connectivity index (χ1n) is 4.84. The third kappa shape index (κ3) is 3.93. The minimum atomic E-state index is -0.112.